The normalized spacial score (nSPS) is 11.5. The second kappa shape index (κ2) is 10.8. The number of hydrogen-bond donors (Lipinski definition) is 0. The topological polar surface area (TPSA) is 16.4 Å². The van der Waals surface area contributed by atoms with Crippen LogP contribution in [0.4, 0.5) is 17.1 Å². The van der Waals surface area contributed by atoms with E-state index < -0.39 is 0 Å². The Hall–Kier alpha value is -6.12. The molecular formula is C44H29NO. The summed E-state index contributed by atoms with van der Waals surface area (Å²) in [6.45, 7) is 0. The number of benzene rings is 8. The Morgan fingerprint density at radius 2 is 0.870 bits per heavy atom. The first-order valence-corrected chi connectivity index (χ1v) is 15.7. The maximum atomic E-state index is 6.15. The highest BCUT2D eigenvalue weighted by atomic mass is 16.3. The molecule has 0 saturated carbocycles. The first-order valence-electron chi connectivity index (χ1n) is 15.7. The molecule has 2 nitrogen and oxygen atoms in total. The van der Waals surface area contributed by atoms with E-state index in [9.17, 15) is 0 Å². The van der Waals surface area contributed by atoms with E-state index in [1.54, 1.807) is 0 Å². The van der Waals surface area contributed by atoms with Gasteiger partial charge in [0.05, 0.1) is 0 Å². The van der Waals surface area contributed by atoms with Gasteiger partial charge in [-0.15, -0.1) is 0 Å². The summed E-state index contributed by atoms with van der Waals surface area (Å²) in [6.07, 6.45) is 0. The zero-order chi connectivity index (χ0) is 30.5. The molecule has 0 saturated heterocycles. The molecular weight excluding hydrogens is 558 g/mol. The van der Waals surface area contributed by atoms with Crippen LogP contribution in [0.5, 0.6) is 0 Å². The highest BCUT2D eigenvalue weighted by molar-refractivity contribution is 6.06. The second-order valence-corrected chi connectivity index (χ2v) is 11.8. The molecule has 0 fully saturated rings. The smallest absolute Gasteiger partial charge is 0.135 e. The Kier molecular flexibility index (Phi) is 6.17. The maximum Gasteiger partial charge on any atom is 0.135 e. The van der Waals surface area contributed by atoms with Crippen molar-refractivity contribution in [1.82, 2.24) is 0 Å². The van der Waals surface area contributed by atoms with Gasteiger partial charge < -0.3 is 9.32 Å². The summed E-state index contributed by atoms with van der Waals surface area (Å²) in [5.41, 5.74) is 9.90. The van der Waals surface area contributed by atoms with Crippen molar-refractivity contribution in [2.75, 3.05) is 4.90 Å². The van der Waals surface area contributed by atoms with E-state index >= 15 is 0 Å². The molecule has 0 aliphatic rings. The molecule has 46 heavy (non-hydrogen) atoms. The van der Waals surface area contributed by atoms with E-state index in [4.69, 9.17) is 4.42 Å². The van der Waals surface area contributed by atoms with Crippen LogP contribution in [0.1, 0.15) is 0 Å². The van der Waals surface area contributed by atoms with E-state index in [1.165, 1.54) is 43.8 Å². The standard InChI is InChI=1S/C44H29NO/c1-2-12-38(13-3-1)45(40-23-24-44-42(29-40)41-15-6-7-16-43(41)46-44)39-14-8-11-33(28-39)35-21-18-31-19-22-36(27-37(31)26-35)34-20-17-30-9-4-5-10-32(30)25-34/h1-29H. The lowest BCUT2D eigenvalue weighted by atomic mass is 9.96. The van der Waals surface area contributed by atoms with Crippen LogP contribution >= 0.6 is 0 Å². The molecule has 216 valence electrons. The molecule has 0 atom stereocenters. The van der Waals surface area contributed by atoms with Gasteiger partial charge in [-0.25, -0.2) is 0 Å². The summed E-state index contributed by atoms with van der Waals surface area (Å²) in [6, 6.07) is 62.9. The third-order valence-electron chi connectivity index (χ3n) is 8.99. The van der Waals surface area contributed by atoms with E-state index in [1.807, 2.05) is 12.1 Å². The van der Waals surface area contributed by atoms with Gasteiger partial charge >= 0.3 is 0 Å². The predicted octanol–water partition coefficient (Wildman–Crippen LogP) is 12.7. The molecule has 1 aromatic heterocycles. The van der Waals surface area contributed by atoms with Gasteiger partial charge in [0, 0.05) is 27.8 Å². The number of rotatable bonds is 5. The monoisotopic (exact) mass is 587 g/mol. The van der Waals surface area contributed by atoms with E-state index in [-0.39, 0.29) is 0 Å². The molecule has 9 aromatic rings. The van der Waals surface area contributed by atoms with Crippen molar-refractivity contribution < 1.29 is 4.42 Å². The number of anilines is 3. The van der Waals surface area contributed by atoms with Gasteiger partial charge in [0.15, 0.2) is 0 Å². The Bertz CT molecular complexity index is 2540. The van der Waals surface area contributed by atoms with Gasteiger partial charge in [0.25, 0.3) is 0 Å². The molecule has 8 aromatic carbocycles. The van der Waals surface area contributed by atoms with Crippen molar-refractivity contribution in [2.45, 2.75) is 0 Å². The zero-order valence-corrected chi connectivity index (χ0v) is 25.1. The quantitative estimate of drug-likeness (QED) is 0.199. The van der Waals surface area contributed by atoms with Gasteiger partial charge in [-0.3, -0.25) is 0 Å². The maximum absolute atomic E-state index is 6.15. The molecule has 0 amide bonds. The minimum atomic E-state index is 0.894. The molecule has 0 aliphatic heterocycles. The molecule has 0 aliphatic carbocycles. The van der Waals surface area contributed by atoms with Gasteiger partial charge in [0.2, 0.25) is 0 Å². The number of para-hydroxylation sites is 2. The minimum absolute atomic E-state index is 0.894. The first-order chi connectivity index (χ1) is 22.8. The van der Waals surface area contributed by atoms with Crippen LogP contribution in [-0.2, 0) is 0 Å². The Morgan fingerprint density at radius 1 is 0.304 bits per heavy atom. The van der Waals surface area contributed by atoms with Crippen molar-refractivity contribution in [3.63, 3.8) is 0 Å². The van der Waals surface area contributed by atoms with Crippen molar-refractivity contribution in [1.29, 1.82) is 0 Å². The van der Waals surface area contributed by atoms with Crippen molar-refractivity contribution in [2.24, 2.45) is 0 Å². The Balaban J connectivity index is 1.14. The zero-order valence-electron chi connectivity index (χ0n) is 25.1. The summed E-state index contributed by atoms with van der Waals surface area (Å²) >= 11 is 0. The SMILES string of the molecule is c1ccc(N(c2cccc(-c3ccc4ccc(-c5ccc6ccccc6c5)cc4c3)c2)c2ccc3oc4ccccc4c3c2)cc1. The number of nitrogens with zero attached hydrogens (tertiary/aromatic N) is 1. The van der Waals surface area contributed by atoms with Crippen LogP contribution in [0.2, 0.25) is 0 Å². The predicted molar refractivity (Wildman–Crippen MR) is 194 cm³/mol. The fraction of sp³-hybridized carbons (Fsp3) is 0. The lowest BCUT2D eigenvalue weighted by molar-refractivity contribution is 0.669. The van der Waals surface area contributed by atoms with Gasteiger partial charge in [-0.2, -0.15) is 0 Å². The number of fused-ring (bicyclic) bond motifs is 5. The molecule has 0 radical (unpaired) electrons. The van der Waals surface area contributed by atoms with Crippen LogP contribution in [0.25, 0.3) is 65.7 Å². The van der Waals surface area contributed by atoms with E-state index in [2.05, 4.69) is 169 Å². The average molecular weight is 588 g/mol. The van der Waals surface area contributed by atoms with Crippen LogP contribution in [0.15, 0.2) is 180 Å². The van der Waals surface area contributed by atoms with Crippen molar-refractivity contribution in [3.8, 4) is 22.3 Å². The summed E-state index contributed by atoms with van der Waals surface area (Å²) in [7, 11) is 0. The lowest BCUT2D eigenvalue weighted by Crippen LogP contribution is -2.09. The van der Waals surface area contributed by atoms with Crippen LogP contribution in [0, 0.1) is 0 Å². The van der Waals surface area contributed by atoms with Gasteiger partial charge in [0.1, 0.15) is 11.2 Å². The molecule has 0 N–H and O–H groups in total. The van der Waals surface area contributed by atoms with Crippen LogP contribution < -0.4 is 4.90 Å². The molecule has 2 heteroatoms. The third kappa shape index (κ3) is 4.60. The third-order valence-corrected chi connectivity index (χ3v) is 8.99. The van der Waals surface area contributed by atoms with E-state index in [0.717, 1.165) is 39.0 Å². The Labute approximate surface area is 267 Å². The molecule has 9 rings (SSSR count). The van der Waals surface area contributed by atoms with Gasteiger partial charge in [-0.1, -0.05) is 109 Å². The average Bonchev–Trinajstić information content (AvgIpc) is 3.50. The minimum Gasteiger partial charge on any atom is -0.456 e. The molecule has 0 bridgehead atoms. The van der Waals surface area contributed by atoms with Crippen LogP contribution in [0.3, 0.4) is 0 Å². The summed E-state index contributed by atoms with van der Waals surface area (Å²) in [4.78, 5) is 2.32. The lowest BCUT2D eigenvalue weighted by Gasteiger charge is -2.26. The molecule has 1 heterocycles. The van der Waals surface area contributed by atoms with Gasteiger partial charge in [-0.05, 0) is 111 Å². The van der Waals surface area contributed by atoms with Crippen LogP contribution in [-0.4, -0.2) is 0 Å². The number of furan rings is 1. The summed E-state index contributed by atoms with van der Waals surface area (Å²) in [5, 5.41) is 7.22. The first kappa shape index (κ1) is 26.3. The summed E-state index contributed by atoms with van der Waals surface area (Å²) < 4.78 is 6.15. The molecule has 0 unspecified atom stereocenters. The largest absolute Gasteiger partial charge is 0.456 e. The van der Waals surface area contributed by atoms with E-state index in [0.29, 0.717) is 0 Å². The fourth-order valence-electron chi connectivity index (χ4n) is 6.68. The van der Waals surface area contributed by atoms with Crippen molar-refractivity contribution >= 4 is 60.5 Å². The highest BCUT2D eigenvalue weighted by Crippen LogP contribution is 2.40. The Morgan fingerprint density at radius 3 is 1.65 bits per heavy atom. The fourth-order valence-corrected chi connectivity index (χ4v) is 6.68. The highest BCUT2D eigenvalue weighted by Gasteiger charge is 2.16. The molecule has 0 spiro atoms. The van der Waals surface area contributed by atoms with Crippen molar-refractivity contribution in [3.05, 3.63) is 176 Å². The second-order valence-electron chi connectivity index (χ2n) is 11.8. The number of hydrogen-bond acceptors (Lipinski definition) is 2. The summed E-state index contributed by atoms with van der Waals surface area (Å²) in [5.74, 6) is 0.